The van der Waals surface area contributed by atoms with Crippen molar-refractivity contribution in [3.63, 3.8) is 0 Å². The molecule has 1 heterocycles. The summed E-state index contributed by atoms with van der Waals surface area (Å²) in [6, 6.07) is 21.4. The fraction of sp³-hybridized carbons (Fsp3) is 0.200. The van der Waals surface area contributed by atoms with Crippen LogP contribution in [0.4, 0.5) is 0 Å². The topological polar surface area (TPSA) is 46.6 Å². The average Bonchev–Trinajstić information content (AvgIpc) is 3.05. The first kappa shape index (κ1) is 19.1. The molecule has 2 amide bonds. The van der Waals surface area contributed by atoms with Gasteiger partial charge < -0.3 is 0 Å². The summed E-state index contributed by atoms with van der Waals surface area (Å²) in [6.45, 7) is 0.0586. The second-order valence-corrected chi connectivity index (χ2v) is 9.07. The zero-order valence-electron chi connectivity index (χ0n) is 16.3. The van der Waals surface area contributed by atoms with Gasteiger partial charge in [-0.3, -0.25) is 14.4 Å². The molecule has 0 aromatic heterocycles. The molecule has 1 aliphatic heterocycles. The molecule has 4 aliphatic rings. The molecule has 1 fully saturated rings. The van der Waals surface area contributed by atoms with Gasteiger partial charge in [0.2, 0.25) is 0 Å². The number of hydrogen-bond donors (Lipinski definition) is 0. The Morgan fingerprint density at radius 2 is 1.19 bits per heavy atom. The number of benzene rings is 3. The highest BCUT2D eigenvalue weighted by Gasteiger charge is 2.62. The van der Waals surface area contributed by atoms with E-state index in [1.807, 2.05) is 24.3 Å². The Morgan fingerprint density at radius 1 is 0.710 bits per heavy atom. The van der Waals surface area contributed by atoms with E-state index >= 15 is 0 Å². The third kappa shape index (κ3) is 2.65. The Bertz CT molecular complexity index is 1140. The van der Waals surface area contributed by atoms with Gasteiger partial charge in [0, 0.05) is 11.8 Å². The van der Waals surface area contributed by atoms with Gasteiger partial charge in [0.15, 0.2) is 0 Å². The summed E-state index contributed by atoms with van der Waals surface area (Å²) >= 11 is 12.1. The lowest BCUT2D eigenvalue weighted by atomic mass is 9.55. The molecule has 154 valence electrons. The molecule has 2 atom stereocenters. The molecule has 0 saturated carbocycles. The minimum Gasteiger partial charge on any atom is -0.272 e. The van der Waals surface area contributed by atoms with Gasteiger partial charge in [-0.05, 0) is 39.9 Å². The molecule has 0 spiro atoms. The summed E-state index contributed by atoms with van der Waals surface area (Å²) in [5.41, 5.74) is 5.29. The molecule has 7 rings (SSSR count). The molecule has 2 bridgehead atoms. The molecule has 1 saturated heterocycles. The highest BCUT2D eigenvalue weighted by atomic mass is 35.5. The highest BCUT2D eigenvalue weighted by Crippen LogP contribution is 2.60. The van der Waals surface area contributed by atoms with Crippen LogP contribution in [0, 0.1) is 11.8 Å². The monoisotopic (exact) mass is 449 g/mol. The Kier molecular flexibility index (Phi) is 4.26. The predicted molar refractivity (Wildman–Crippen MR) is 117 cm³/mol. The van der Waals surface area contributed by atoms with E-state index in [9.17, 15) is 9.59 Å². The summed E-state index contributed by atoms with van der Waals surface area (Å²) < 4.78 is 0. The van der Waals surface area contributed by atoms with Gasteiger partial charge in [-0.2, -0.15) is 5.06 Å². The number of rotatable bonds is 3. The van der Waals surface area contributed by atoms with Crippen molar-refractivity contribution in [3.8, 4) is 0 Å². The van der Waals surface area contributed by atoms with Crippen LogP contribution < -0.4 is 0 Å². The number of carbonyl (C=O) groups excluding carboxylic acids is 2. The van der Waals surface area contributed by atoms with Crippen LogP contribution in [0.25, 0.3) is 0 Å². The van der Waals surface area contributed by atoms with E-state index in [2.05, 4.69) is 24.3 Å². The summed E-state index contributed by atoms with van der Waals surface area (Å²) in [5.74, 6) is -1.72. The van der Waals surface area contributed by atoms with Crippen LogP contribution in [-0.4, -0.2) is 16.9 Å². The van der Waals surface area contributed by atoms with Crippen molar-refractivity contribution in [2.45, 2.75) is 18.4 Å². The molecular weight excluding hydrogens is 433 g/mol. The van der Waals surface area contributed by atoms with Crippen LogP contribution in [0.2, 0.25) is 10.0 Å². The Hall–Kier alpha value is -2.66. The van der Waals surface area contributed by atoms with E-state index in [0.717, 1.165) is 32.9 Å². The van der Waals surface area contributed by atoms with Crippen LogP contribution in [0.15, 0.2) is 66.7 Å². The Morgan fingerprint density at radius 3 is 1.65 bits per heavy atom. The number of nitrogens with zero attached hydrogens (tertiary/aromatic N) is 1. The number of halogens is 2. The number of hydrogen-bond acceptors (Lipinski definition) is 3. The van der Waals surface area contributed by atoms with Crippen LogP contribution in [0.3, 0.4) is 0 Å². The van der Waals surface area contributed by atoms with Gasteiger partial charge in [-0.15, -0.1) is 0 Å². The van der Waals surface area contributed by atoms with Crippen LogP contribution in [0.1, 0.15) is 39.7 Å². The summed E-state index contributed by atoms with van der Waals surface area (Å²) in [4.78, 5) is 32.6. The van der Waals surface area contributed by atoms with Crippen molar-refractivity contribution in [3.05, 3.63) is 105 Å². The minimum atomic E-state index is -0.448. The molecular formula is C25H17Cl2NO3. The maximum absolute atomic E-state index is 13.4. The fourth-order valence-electron chi connectivity index (χ4n) is 5.55. The zero-order chi connectivity index (χ0) is 21.3. The third-order valence-corrected chi connectivity index (χ3v) is 7.49. The van der Waals surface area contributed by atoms with Crippen molar-refractivity contribution in [2.75, 3.05) is 0 Å². The quantitative estimate of drug-likeness (QED) is 0.508. The molecule has 31 heavy (non-hydrogen) atoms. The second-order valence-electron chi connectivity index (χ2n) is 8.26. The first-order valence-corrected chi connectivity index (χ1v) is 10.9. The minimum absolute atomic E-state index is 0.0586. The van der Waals surface area contributed by atoms with E-state index in [1.54, 1.807) is 18.2 Å². The number of hydroxylamine groups is 2. The maximum Gasteiger partial charge on any atom is 0.258 e. The number of carbonyl (C=O) groups is 2. The maximum atomic E-state index is 13.4. The average molecular weight is 450 g/mol. The van der Waals surface area contributed by atoms with Gasteiger partial charge in [-0.1, -0.05) is 77.8 Å². The molecule has 3 aromatic carbocycles. The van der Waals surface area contributed by atoms with E-state index in [4.69, 9.17) is 28.0 Å². The first-order valence-electron chi connectivity index (χ1n) is 10.2. The van der Waals surface area contributed by atoms with Gasteiger partial charge in [0.05, 0.1) is 21.9 Å². The zero-order valence-corrected chi connectivity index (χ0v) is 17.8. The SMILES string of the molecule is O=C1[C@@H]2C3c4ccccc4C(c4ccccc43)[C@@H]2C(=O)N1OCc1ccc(Cl)c(Cl)c1. The smallest absolute Gasteiger partial charge is 0.258 e. The lowest BCUT2D eigenvalue weighted by Crippen LogP contribution is -2.41. The van der Waals surface area contributed by atoms with Crippen molar-refractivity contribution in [1.82, 2.24) is 5.06 Å². The van der Waals surface area contributed by atoms with Gasteiger partial charge in [0.1, 0.15) is 6.61 Å². The van der Waals surface area contributed by atoms with Crippen molar-refractivity contribution in [1.29, 1.82) is 0 Å². The van der Waals surface area contributed by atoms with E-state index in [0.29, 0.717) is 10.0 Å². The van der Waals surface area contributed by atoms with Crippen LogP contribution in [-0.2, 0) is 21.0 Å². The lowest BCUT2D eigenvalue weighted by molar-refractivity contribution is -0.193. The molecule has 0 N–H and O–H groups in total. The van der Waals surface area contributed by atoms with E-state index in [1.165, 1.54) is 0 Å². The fourth-order valence-corrected chi connectivity index (χ4v) is 5.87. The third-order valence-electron chi connectivity index (χ3n) is 6.75. The normalized spacial score (nSPS) is 25.4. The Balaban J connectivity index is 1.38. The molecule has 6 heteroatoms. The molecule has 4 nitrogen and oxygen atoms in total. The number of amides is 2. The first-order chi connectivity index (χ1) is 15.1. The van der Waals surface area contributed by atoms with E-state index in [-0.39, 0.29) is 30.3 Å². The van der Waals surface area contributed by atoms with Gasteiger partial charge in [0.25, 0.3) is 11.8 Å². The molecule has 3 aliphatic carbocycles. The van der Waals surface area contributed by atoms with Gasteiger partial charge >= 0.3 is 0 Å². The summed E-state index contributed by atoms with van der Waals surface area (Å²) in [7, 11) is 0. The molecule has 0 radical (unpaired) electrons. The highest BCUT2D eigenvalue weighted by molar-refractivity contribution is 6.42. The lowest BCUT2D eigenvalue weighted by Gasteiger charge is -2.45. The largest absolute Gasteiger partial charge is 0.272 e. The van der Waals surface area contributed by atoms with E-state index < -0.39 is 11.8 Å². The summed E-state index contributed by atoms with van der Waals surface area (Å²) in [5, 5.41) is 1.83. The molecule has 0 unspecified atom stereocenters. The Labute approximate surface area is 189 Å². The van der Waals surface area contributed by atoms with Crippen molar-refractivity contribution >= 4 is 35.0 Å². The standard InChI is InChI=1S/C25H17Cl2NO3/c26-18-10-9-13(11-19(18)27)12-31-28-24(29)22-20-14-5-1-2-6-15(14)21(23(22)25(28)30)17-8-4-3-7-16(17)20/h1-11,20-23H,12H2/t20?,21?,22-,23+. The van der Waals surface area contributed by atoms with Crippen LogP contribution >= 0.6 is 23.2 Å². The predicted octanol–water partition coefficient (Wildman–Crippen LogP) is 5.32. The van der Waals surface area contributed by atoms with Crippen molar-refractivity contribution < 1.29 is 14.4 Å². The summed E-state index contributed by atoms with van der Waals surface area (Å²) in [6.07, 6.45) is 0. The van der Waals surface area contributed by atoms with Gasteiger partial charge in [-0.25, -0.2) is 0 Å². The molecule has 3 aromatic rings. The van der Waals surface area contributed by atoms with Crippen molar-refractivity contribution in [2.24, 2.45) is 11.8 Å². The number of imide groups is 1. The second kappa shape index (κ2) is 6.92. The van der Waals surface area contributed by atoms with Crippen LogP contribution in [0.5, 0.6) is 0 Å².